The van der Waals surface area contributed by atoms with Gasteiger partial charge in [-0.25, -0.2) is 4.79 Å². The number of rotatable bonds is 11. The Labute approximate surface area is 191 Å². The number of nitrogens with zero attached hydrogens (tertiary/aromatic N) is 1. The van der Waals surface area contributed by atoms with Crippen LogP contribution in [0.1, 0.15) is 56.1 Å². The van der Waals surface area contributed by atoms with Crippen LogP contribution in [0.15, 0.2) is 60.7 Å². The lowest BCUT2D eigenvalue weighted by atomic mass is 9.93. The quantitative estimate of drug-likeness (QED) is 0.502. The zero-order chi connectivity index (χ0) is 22.6. The highest BCUT2D eigenvalue weighted by molar-refractivity contribution is 5.76. The molecule has 1 aliphatic rings. The van der Waals surface area contributed by atoms with Crippen LogP contribution in [0.2, 0.25) is 0 Å². The van der Waals surface area contributed by atoms with Gasteiger partial charge in [-0.15, -0.1) is 0 Å². The third-order valence-corrected chi connectivity index (χ3v) is 6.45. The van der Waals surface area contributed by atoms with Gasteiger partial charge >= 0.3 is 6.09 Å². The SMILES string of the molecule is O=C(CC1CCN(C(=O)O)CC1)NC(CCCc1ccccc1)CCCc1ccccc1. The molecular weight excluding hydrogens is 400 g/mol. The molecule has 1 aliphatic heterocycles. The molecule has 0 spiro atoms. The summed E-state index contributed by atoms with van der Waals surface area (Å²) < 4.78 is 0. The summed E-state index contributed by atoms with van der Waals surface area (Å²) in [4.78, 5) is 25.3. The number of likely N-dealkylation sites (tertiary alicyclic amines) is 1. The standard InChI is InChI=1S/C27H36N2O3/c30-26(21-24-17-19-29(20-18-24)27(31)32)28-25(15-7-13-22-9-3-1-4-10-22)16-8-14-23-11-5-2-6-12-23/h1-6,9-12,24-25H,7-8,13-21H2,(H,28,30)(H,31,32). The number of hydrogen-bond donors (Lipinski definition) is 2. The lowest BCUT2D eigenvalue weighted by Crippen LogP contribution is -2.40. The molecule has 1 fully saturated rings. The van der Waals surface area contributed by atoms with Gasteiger partial charge in [-0.05, 0) is 68.4 Å². The maximum atomic E-state index is 12.8. The van der Waals surface area contributed by atoms with Crippen LogP contribution in [0.4, 0.5) is 4.79 Å². The molecule has 2 N–H and O–H groups in total. The Morgan fingerprint density at radius 1 is 0.875 bits per heavy atom. The van der Waals surface area contributed by atoms with Crippen molar-refractivity contribution in [1.29, 1.82) is 0 Å². The van der Waals surface area contributed by atoms with Gasteiger partial charge in [-0.1, -0.05) is 60.7 Å². The highest BCUT2D eigenvalue weighted by Crippen LogP contribution is 2.21. The van der Waals surface area contributed by atoms with E-state index in [1.807, 2.05) is 12.1 Å². The van der Waals surface area contributed by atoms with Crippen molar-refractivity contribution in [2.24, 2.45) is 5.92 Å². The minimum Gasteiger partial charge on any atom is -0.465 e. The van der Waals surface area contributed by atoms with Crippen LogP contribution in [-0.2, 0) is 17.6 Å². The molecule has 0 aliphatic carbocycles. The van der Waals surface area contributed by atoms with E-state index in [4.69, 9.17) is 5.11 Å². The molecule has 0 bridgehead atoms. The lowest BCUT2D eigenvalue weighted by molar-refractivity contribution is -0.123. The van der Waals surface area contributed by atoms with Crippen LogP contribution in [-0.4, -0.2) is 41.1 Å². The Morgan fingerprint density at radius 2 is 1.38 bits per heavy atom. The summed E-state index contributed by atoms with van der Waals surface area (Å²) in [5.41, 5.74) is 2.68. The highest BCUT2D eigenvalue weighted by atomic mass is 16.4. The molecule has 5 heteroatoms. The summed E-state index contributed by atoms with van der Waals surface area (Å²) in [6.07, 6.45) is 7.30. The fourth-order valence-corrected chi connectivity index (χ4v) is 4.56. The Kier molecular flexibility index (Phi) is 9.60. The lowest BCUT2D eigenvalue weighted by Gasteiger charge is -2.30. The summed E-state index contributed by atoms with van der Waals surface area (Å²) in [5, 5.41) is 12.4. The molecule has 3 rings (SSSR count). The van der Waals surface area contributed by atoms with Crippen LogP contribution < -0.4 is 5.32 Å². The van der Waals surface area contributed by atoms with Crippen molar-refractivity contribution >= 4 is 12.0 Å². The first kappa shape index (κ1) is 23.8. The molecular formula is C27H36N2O3. The monoisotopic (exact) mass is 436 g/mol. The first-order valence-electron chi connectivity index (χ1n) is 11.9. The molecule has 32 heavy (non-hydrogen) atoms. The normalized spacial score (nSPS) is 14.5. The van der Waals surface area contributed by atoms with Gasteiger partial charge in [0.15, 0.2) is 0 Å². The van der Waals surface area contributed by atoms with Gasteiger partial charge in [0.25, 0.3) is 0 Å². The summed E-state index contributed by atoms with van der Waals surface area (Å²) in [6.45, 7) is 1.07. The number of hydrogen-bond acceptors (Lipinski definition) is 2. The molecule has 172 valence electrons. The summed E-state index contributed by atoms with van der Waals surface area (Å²) in [5.74, 6) is 0.392. The minimum atomic E-state index is -0.857. The number of carboxylic acid groups (broad SMARTS) is 1. The van der Waals surface area contributed by atoms with E-state index in [1.54, 1.807) is 0 Å². The molecule has 0 radical (unpaired) electrons. The van der Waals surface area contributed by atoms with Crippen molar-refractivity contribution < 1.29 is 14.7 Å². The fourth-order valence-electron chi connectivity index (χ4n) is 4.56. The zero-order valence-electron chi connectivity index (χ0n) is 18.9. The number of amides is 2. The molecule has 0 atom stereocenters. The maximum absolute atomic E-state index is 12.8. The first-order chi connectivity index (χ1) is 15.6. The predicted octanol–water partition coefficient (Wildman–Crippen LogP) is 5.30. The second-order valence-electron chi connectivity index (χ2n) is 8.94. The number of carbonyl (C=O) groups excluding carboxylic acids is 1. The van der Waals surface area contributed by atoms with E-state index >= 15 is 0 Å². The largest absolute Gasteiger partial charge is 0.465 e. The Balaban J connectivity index is 1.46. The van der Waals surface area contributed by atoms with Gasteiger partial charge in [0.1, 0.15) is 0 Å². The van der Waals surface area contributed by atoms with Gasteiger partial charge < -0.3 is 15.3 Å². The average Bonchev–Trinajstić information content (AvgIpc) is 2.80. The molecule has 0 aromatic heterocycles. The molecule has 2 aromatic carbocycles. The van der Waals surface area contributed by atoms with Gasteiger partial charge in [-0.2, -0.15) is 0 Å². The third-order valence-electron chi connectivity index (χ3n) is 6.45. The van der Waals surface area contributed by atoms with Crippen LogP contribution in [0.5, 0.6) is 0 Å². The number of nitrogens with one attached hydrogen (secondary N) is 1. The van der Waals surface area contributed by atoms with Crippen molar-refractivity contribution in [3.63, 3.8) is 0 Å². The van der Waals surface area contributed by atoms with E-state index in [2.05, 4.69) is 53.8 Å². The minimum absolute atomic E-state index is 0.114. The number of aryl methyl sites for hydroxylation is 2. The van der Waals surface area contributed by atoms with Gasteiger partial charge in [-0.3, -0.25) is 4.79 Å². The second-order valence-corrected chi connectivity index (χ2v) is 8.94. The van der Waals surface area contributed by atoms with E-state index in [-0.39, 0.29) is 17.9 Å². The van der Waals surface area contributed by atoms with Crippen molar-refractivity contribution in [1.82, 2.24) is 10.2 Å². The van der Waals surface area contributed by atoms with Crippen LogP contribution in [0, 0.1) is 5.92 Å². The molecule has 1 heterocycles. The Hall–Kier alpha value is -2.82. The number of carbonyl (C=O) groups is 2. The molecule has 0 unspecified atom stereocenters. The predicted molar refractivity (Wildman–Crippen MR) is 128 cm³/mol. The van der Waals surface area contributed by atoms with Crippen LogP contribution >= 0.6 is 0 Å². The molecule has 2 amide bonds. The number of benzene rings is 2. The zero-order valence-corrected chi connectivity index (χ0v) is 18.9. The van der Waals surface area contributed by atoms with E-state index in [1.165, 1.54) is 16.0 Å². The topological polar surface area (TPSA) is 69.6 Å². The van der Waals surface area contributed by atoms with Gasteiger partial charge in [0.2, 0.25) is 5.91 Å². The first-order valence-corrected chi connectivity index (χ1v) is 11.9. The summed E-state index contributed by atoms with van der Waals surface area (Å²) in [7, 11) is 0. The van der Waals surface area contributed by atoms with E-state index < -0.39 is 6.09 Å². The molecule has 2 aromatic rings. The van der Waals surface area contributed by atoms with Crippen molar-refractivity contribution in [2.45, 2.75) is 63.8 Å². The molecule has 0 saturated carbocycles. The van der Waals surface area contributed by atoms with Crippen molar-refractivity contribution in [3.05, 3.63) is 71.8 Å². The van der Waals surface area contributed by atoms with Gasteiger partial charge in [0.05, 0.1) is 0 Å². The van der Waals surface area contributed by atoms with Crippen molar-refractivity contribution in [2.75, 3.05) is 13.1 Å². The molecule has 5 nitrogen and oxygen atoms in total. The summed E-state index contributed by atoms with van der Waals surface area (Å²) in [6, 6.07) is 21.2. The maximum Gasteiger partial charge on any atom is 0.407 e. The molecule has 1 saturated heterocycles. The average molecular weight is 437 g/mol. The van der Waals surface area contributed by atoms with Crippen LogP contribution in [0.3, 0.4) is 0 Å². The fraction of sp³-hybridized carbons (Fsp3) is 0.481. The van der Waals surface area contributed by atoms with E-state index in [9.17, 15) is 9.59 Å². The smallest absolute Gasteiger partial charge is 0.407 e. The van der Waals surface area contributed by atoms with Crippen LogP contribution in [0.25, 0.3) is 0 Å². The van der Waals surface area contributed by atoms with Gasteiger partial charge in [0, 0.05) is 25.6 Å². The second kappa shape index (κ2) is 12.9. The van der Waals surface area contributed by atoms with E-state index in [0.717, 1.165) is 51.4 Å². The van der Waals surface area contributed by atoms with Crippen molar-refractivity contribution in [3.8, 4) is 0 Å². The van der Waals surface area contributed by atoms with E-state index in [0.29, 0.717) is 19.5 Å². The number of piperidine rings is 1. The summed E-state index contributed by atoms with van der Waals surface area (Å²) >= 11 is 0. The third kappa shape index (κ3) is 8.37. The Bertz CT molecular complexity index is 772. The highest BCUT2D eigenvalue weighted by Gasteiger charge is 2.24. The Morgan fingerprint density at radius 3 is 1.84 bits per heavy atom.